The Kier molecular flexibility index (Phi) is 3.52. The number of carbonyl (C=O) groups excluding carboxylic acids is 1. The van der Waals surface area contributed by atoms with Crippen molar-refractivity contribution in [2.75, 3.05) is 5.32 Å². The van der Waals surface area contributed by atoms with Gasteiger partial charge in [0.05, 0.1) is 16.1 Å². The van der Waals surface area contributed by atoms with Gasteiger partial charge in [0.2, 0.25) is 0 Å². The molecule has 2 rings (SSSR count). The fourth-order valence-corrected chi connectivity index (χ4v) is 2.55. The zero-order valence-electron chi connectivity index (χ0n) is 8.48. The first-order valence-corrected chi connectivity index (χ1v) is 6.27. The standard InChI is InChI=1S/C11H6BrN3OS/c12-8-3-10(17-6-8)15-11(16)9-5-14-2-1-7(9)4-13/h1-3,5-6H,(H,15,16). The van der Waals surface area contributed by atoms with Crippen LogP contribution in [-0.4, -0.2) is 10.9 Å². The molecule has 2 heterocycles. The number of hydrogen-bond donors (Lipinski definition) is 1. The van der Waals surface area contributed by atoms with Crippen molar-refractivity contribution in [1.29, 1.82) is 5.26 Å². The molecule has 0 saturated heterocycles. The smallest absolute Gasteiger partial charge is 0.259 e. The number of hydrogen-bond acceptors (Lipinski definition) is 4. The number of nitrogens with one attached hydrogen (secondary N) is 1. The fraction of sp³-hybridized carbons (Fsp3) is 0. The number of nitrogens with zero attached hydrogens (tertiary/aromatic N) is 2. The molecule has 0 fully saturated rings. The van der Waals surface area contributed by atoms with Gasteiger partial charge in [0.1, 0.15) is 6.07 Å². The zero-order chi connectivity index (χ0) is 12.3. The largest absolute Gasteiger partial charge is 0.313 e. The molecule has 0 aliphatic carbocycles. The highest BCUT2D eigenvalue weighted by Gasteiger charge is 2.12. The third-order valence-corrected chi connectivity index (χ3v) is 3.60. The lowest BCUT2D eigenvalue weighted by Crippen LogP contribution is -2.12. The summed E-state index contributed by atoms with van der Waals surface area (Å²) in [6.45, 7) is 0. The van der Waals surface area contributed by atoms with Crippen LogP contribution in [0.5, 0.6) is 0 Å². The van der Waals surface area contributed by atoms with Gasteiger partial charge in [-0.3, -0.25) is 9.78 Å². The highest BCUT2D eigenvalue weighted by atomic mass is 79.9. The van der Waals surface area contributed by atoms with Gasteiger partial charge in [-0.2, -0.15) is 5.26 Å². The molecule has 6 heteroatoms. The average molecular weight is 308 g/mol. The Morgan fingerprint density at radius 2 is 2.41 bits per heavy atom. The lowest BCUT2D eigenvalue weighted by molar-refractivity contribution is 0.102. The summed E-state index contributed by atoms with van der Waals surface area (Å²) in [6.07, 6.45) is 2.87. The Morgan fingerprint density at radius 1 is 1.59 bits per heavy atom. The van der Waals surface area contributed by atoms with E-state index in [0.29, 0.717) is 5.56 Å². The monoisotopic (exact) mass is 307 g/mol. The molecule has 17 heavy (non-hydrogen) atoms. The third-order valence-electron chi connectivity index (χ3n) is 1.99. The molecule has 4 nitrogen and oxygen atoms in total. The van der Waals surface area contributed by atoms with Crippen molar-refractivity contribution in [3.05, 3.63) is 45.5 Å². The summed E-state index contributed by atoms with van der Waals surface area (Å²) < 4.78 is 0.907. The number of amides is 1. The highest BCUT2D eigenvalue weighted by molar-refractivity contribution is 9.10. The number of pyridine rings is 1. The van der Waals surface area contributed by atoms with Gasteiger partial charge in [0, 0.05) is 22.2 Å². The molecule has 0 spiro atoms. The van der Waals surface area contributed by atoms with E-state index in [1.807, 2.05) is 11.4 Å². The van der Waals surface area contributed by atoms with E-state index in [4.69, 9.17) is 5.26 Å². The molecular formula is C11H6BrN3OS. The van der Waals surface area contributed by atoms with E-state index >= 15 is 0 Å². The number of nitriles is 1. The van der Waals surface area contributed by atoms with E-state index < -0.39 is 0 Å². The van der Waals surface area contributed by atoms with Gasteiger partial charge in [-0.15, -0.1) is 11.3 Å². The molecule has 0 aliphatic rings. The number of thiophene rings is 1. The maximum Gasteiger partial charge on any atom is 0.259 e. The average Bonchev–Trinajstić information content (AvgIpc) is 2.74. The minimum Gasteiger partial charge on any atom is -0.313 e. The summed E-state index contributed by atoms with van der Waals surface area (Å²) in [7, 11) is 0. The van der Waals surface area contributed by atoms with Gasteiger partial charge in [-0.05, 0) is 28.1 Å². The molecule has 1 N–H and O–H groups in total. The second-order valence-electron chi connectivity index (χ2n) is 3.12. The van der Waals surface area contributed by atoms with Crippen molar-refractivity contribution in [2.45, 2.75) is 0 Å². The van der Waals surface area contributed by atoms with Gasteiger partial charge < -0.3 is 5.32 Å². The molecule has 1 amide bonds. The Balaban J connectivity index is 2.23. The Hall–Kier alpha value is -1.71. The topological polar surface area (TPSA) is 65.8 Å². The summed E-state index contributed by atoms with van der Waals surface area (Å²) in [6, 6.07) is 5.27. The molecule has 0 bridgehead atoms. The van der Waals surface area contributed by atoms with Gasteiger partial charge in [-0.1, -0.05) is 0 Å². The van der Waals surface area contributed by atoms with Crippen LogP contribution in [-0.2, 0) is 0 Å². The van der Waals surface area contributed by atoms with Crippen LogP contribution in [0.1, 0.15) is 15.9 Å². The van der Waals surface area contributed by atoms with Crippen LogP contribution in [0.25, 0.3) is 0 Å². The van der Waals surface area contributed by atoms with Crippen LogP contribution in [0.2, 0.25) is 0 Å². The van der Waals surface area contributed by atoms with Gasteiger partial charge in [0.25, 0.3) is 5.91 Å². The molecule has 0 saturated carbocycles. The number of aromatic nitrogens is 1. The predicted molar refractivity (Wildman–Crippen MR) is 68.9 cm³/mol. The molecule has 0 radical (unpaired) electrons. The molecule has 0 aliphatic heterocycles. The number of anilines is 1. The number of halogens is 1. The summed E-state index contributed by atoms with van der Waals surface area (Å²) >= 11 is 4.70. The normalized spacial score (nSPS) is 9.65. The molecule has 2 aromatic heterocycles. The first kappa shape index (κ1) is 11.8. The maximum absolute atomic E-state index is 11.9. The molecule has 0 aromatic carbocycles. The van der Waals surface area contributed by atoms with Crippen molar-refractivity contribution in [1.82, 2.24) is 4.98 Å². The van der Waals surface area contributed by atoms with Crippen molar-refractivity contribution >= 4 is 38.2 Å². The molecule has 2 aromatic rings. The molecule has 0 atom stereocenters. The van der Waals surface area contributed by atoms with Crippen LogP contribution in [0.15, 0.2) is 34.4 Å². The Bertz CT molecular complexity index is 603. The first-order chi connectivity index (χ1) is 8.20. The third kappa shape index (κ3) is 2.70. The second-order valence-corrected chi connectivity index (χ2v) is 4.94. The second kappa shape index (κ2) is 5.08. The van der Waals surface area contributed by atoms with Crippen molar-refractivity contribution < 1.29 is 4.79 Å². The van der Waals surface area contributed by atoms with E-state index in [1.165, 1.54) is 29.8 Å². The lowest BCUT2D eigenvalue weighted by atomic mass is 10.1. The number of rotatable bonds is 2. The van der Waals surface area contributed by atoms with Gasteiger partial charge >= 0.3 is 0 Å². The first-order valence-electron chi connectivity index (χ1n) is 4.60. The van der Waals surface area contributed by atoms with E-state index in [1.54, 1.807) is 6.07 Å². The number of carbonyl (C=O) groups is 1. The summed E-state index contributed by atoms with van der Waals surface area (Å²) in [4.78, 5) is 15.7. The zero-order valence-corrected chi connectivity index (χ0v) is 10.9. The Morgan fingerprint density at radius 3 is 3.06 bits per heavy atom. The quantitative estimate of drug-likeness (QED) is 0.927. The summed E-state index contributed by atoms with van der Waals surface area (Å²) in [5, 5.41) is 14.2. The van der Waals surface area contributed by atoms with Crippen molar-refractivity contribution in [3.63, 3.8) is 0 Å². The van der Waals surface area contributed by atoms with E-state index in [9.17, 15) is 4.79 Å². The molecular weight excluding hydrogens is 302 g/mol. The van der Waals surface area contributed by atoms with Crippen LogP contribution < -0.4 is 5.32 Å². The SMILES string of the molecule is N#Cc1ccncc1C(=O)Nc1cc(Br)cs1. The summed E-state index contributed by atoms with van der Waals surface area (Å²) in [5.74, 6) is -0.330. The van der Waals surface area contributed by atoms with Crippen LogP contribution in [0.4, 0.5) is 5.00 Å². The molecule has 0 unspecified atom stereocenters. The van der Waals surface area contributed by atoms with Gasteiger partial charge in [0.15, 0.2) is 0 Å². The lowest BCUT2D eigenvalue weighted by Gasteiger charge is -2.03. The van der Waals surface area contributed by atoms with Gasteiger partial charge in [-0.25, -0.2) is 0 Å². The summed E-state index contributed by atoms with van der Waals surface area (Å²) in [5.41, 5.74) is 0.590. The fourth-order valence-electron chi connectivity index (χ4n) is 1.23. The van der Waals surface area contributed by atoms with E-state index in [2.05, 4.69) is 26.2 Å². The predicted octanol–water partition coefficient (Wildman–Crippen LogP) is 3.03. The minimum absolute atomic E-state index is 0.277. The maximum atomic E-state index is 11.9. The van der Waals surface area contributed by atoms with Crippen molar-refractivity contribution in [2.24, 2.45) is 0 Å². The molecule has 84 valence electrons. The van der Waals surface area contributed by atoms with Crippen LogP contribution >= 0.6 is 27.3 Å². The highest BCUT2D eigenvalue weighted by Crippen LogP contribution is 2.25. The van der Waals surface area contributed by atoms with Crippen LogP contribution in [0.3, 0.4) is 0 Å². The van der Waals surface area contributed by atoms with Crippen LogP contribution in [0, 0.1) is 11.3 Å². The minimum atomic E-state index is -0.330. The Labute approximate surface area is 110 Å². The van der Waals surface area contributed by atoms with E-state index in [0.717, 1.165) is 9.47 Å². The van der Waals surface area contributed by atoms with Crippen molar-refractivity contribution in [3.8, 4) is 6.07 Å². The van der Waals surface area contributed by atoms with E-state index in [-0.39, 0.29) is 11.5 Å².